The summed E-state index contributed by atoms with van der Waals surface area (Å²) < 4.78 is 22.4. The van der Waals surface area contributed by atoms with Crippen LogP contribution in [0.25, 0.3) is 0 Å². The Morgan fingerprint density at radius 1 is 1.03 bits per heavy atom. The van der Waals surface area contributed by atoms with Crippen molar-refractivity contribution in [3.63, 3.8) is 0 Å². The first-order valence-electron chi connectivity index (χ1n) is 11.3. The lowest BCUT2D eigenvalue weighted by Gasteiger charge is -2.33. The van der Waals surface area contributed by atoms with Crippen LogP contribution in [0.15, 0.2) is 66.7 Å². The molecule has 0 fully saturated rings. The van der Waals surface area contributed by atoms with E-state index in [4.69, 9.17) is 18.9 Å². The van der Waals surface area contributed by atoms with Gasteiger partial charge in [0, 0.05) is 11.8 Å². The first-order valence-corrected chi connectivity index (χ1v) is 11.3. The summed E-state index contributed by atoms with van der Waals surface area (Å²) in [6, 6.07) is 20.1. The zero-order valence-corrected chi connectivity index (χ0v) is 19.9. The van der Waals surface area contributed by atoms with Crippen molar-refractivity contribution in [2.45, 2.75) is 20.0 Å². The summed E-state index contributed by atoms with van der Waals surface area (Å²) in [5.74, 6) is 1.82. The highest BCUT2D eigenvalue weighted by Crippen LogP contribution is 2.36. The van der Waals surface area contributed by atoms with Crippen LogP contribution in [0.3, 0.4) is 0 Å². The molecule has 4 rings (SSSR count). The number of hydrogen-bond acceptors (Lipinski definition) is 6. The topological polar surface area (TPSA) is 86.3 Å². The fourth-order valence-electron chi connectivity index (χ4n) is 3.76. The number of carbonyl (C=O) groups excluding carboxylic acids is 2. The van der Waals surface area contributed by atoms with Crippen molar-refractivity contribution in [2.75, 3.05) is 37.1 Å². The van der Waals surface area contributed by atoms with Crippen LogP contribution in [0.4, 0.5) is 11.4 Å². The number of ether oxygens (including phenoxy) is 4. The van der Waals surface area contributed by atoms with Crippen LogP contribution in [-0.4, -0.2) is 44.8 Å². The van der Waals surface area contributed by atoms with Gasteiger partial charge in [-0.2, -0.15) is 0 Å². The normalized spacial score (nSPS) is 14.5. The second-order valence-corrected chi connectivity index (χ2v) is 8.09. The van der Waals surface area contributed by atoms with Crippen molar-refractivity contribution in [3.8, 4) is 23.0 Å². The van der Waals surface area contributed by atoms with Crippen molar-refractivity contribution in [3.05, 3.63) is 72.3 Å². The first-order chi connectivity index (χ1) is 16.9. The quantitative estimate of drug-likeness (QED) is 0.498. The fraction of sp³-hybridized carbons (Fsp3) is 0.259. The average molecular weight is 477 g/mol. The third-order valence-corrected chi connectivity index (χ3v) is 5.45. The van der Waals surface area contributed by atoms with Crippen molar-refractivity contribution >= 4 is 23.2 Å². The number of carbonyl (C=O) groups is 2. The van der Waals surface area contributed by atoms with Gasteiger partial charge < -0.3 is 29.2 Å². The standard InChI is InChI=1S/C27H28N2O6/c1-18-7-6-8-21(15-18)33-14-13-29-22-12-11-20(16-25(22)35-19(2)27(29)31)28-26(30)17-34-24-10-5-4-9-23(24)32-3/h4-12,15-16,19H,13-14,17H2,1-3H3,(H,28,30). The van der Waals surface area contributed by atoms with Gasteiger partial charge in [-0.1, -0.05) is 24.3 Å². The van der Waals surface area contributed by atoms with E-state index in [2.05, 4.69) is 5.32 Å². The molecule has 2 amide bonds. The Bertz CT molecular complexity index is 1210. The Balaban J connectivity index is 1.39. The van der Waals surface area contributed by atoms with E-state index in [1.807, 2.05) is 37.3 Å². The molecule has 1 N–H and O–H groups in total. The predicted octanol–water partition coefficient (Wildman–Crippen LogP) is 4.21. The highest BCUT2D eigenvalue weighted by molar-refractivity contribution is 6.00. The van der Waals surface area contributed by atoms with Crippen molar-refractivity contribution in [2.24, 2.45) is 0 Å². The third kappa shape index (κ3) is 5.84. The second kappa shape index (κ2) is 10.8. The molecule has 35 heavy (non-hydrogen) atoms. The zero-order valence-electron chi connectivity index (χ0n) is 19.9. The van der Waals surface area contributed by atoms with Gasteiger partial charge in [0.05, 0.1) is 19.3 Å². The van der Waals surface area contributed by atoms with Gasteiger partial charge in [0.25, 0.3) is 11.8 Å². The minimum Gasteiger partial charge on any atom is -0.493 e. The van der Waals surface area contributed by atoms with Crippen molar-refractivity contribution in [1.29, 1.82) is 0 Å². The van der Waals surface area contributed by atoms with E-state index in [1.54, 1.807) is 55.3 Å². The van der Waals surface area contributed by atoms with Gasteiger partial charge >= 0.3 is 0 Å². The lowest BCUT2D eigenvalue weighted by molar-refractivity contribution is -0.125. The molecular formula is C27H28N2O6. The maximum absolute atomic E-state index is 12.8. The molecule has 1 heterocycles. The zero-order chi connectivity index (χ0) is 24.8. The minimum absolute atomic E-state index is 0.146. The van der Waals surface area contributed by atoms with Crippen molar-refractivity contribution < 1.29 is 28.5 Å². The summed E-state index contributed by atoms with van der Waals surface area (Å²) in [7, 11) is 1.54. The summed E-state index contributed by atoms with van der Waals surface area (Å²) in [6.45, 7) is 4.21. The van der Waals surface area contributed by atoms with E-state index < -0.39 is 6.10 Å². The number of anilines is 2. The highest BCUT2D eigenvalue weighted by Gasteiger charge is 2.31. The number of benzene rings is 3. The molecule has 8 nitrogen and oxygen atoms in total. The van der Waals surface area contributed by atoms with E-state index in [-0.39, 0.29) is 18.4 Å². The molecule has 0 bridgehead atoms. The summed E-state index contributed by atoms with van der Waals surface area (Å²) in [5, 5.41) is 2.80. The number of aryl methyl sites for hydroxylation is 1. The van der Waals surface area contributed by atoms with E-state index in [1.165, 1.54) is 0 Å². The molecule has 1 atom stereocenters. The number of fused-ring (bicyclic) bond motifs is 1. The lowest BCUT2D eigenvalue weighted by atomic mass is 10.1. The van der Waals surface area contributed by atoms with Gasteiger partial charge in [-0.3, -0.25) is 9.59 Å². The molecule has 0 aliphatic carbocycles. The highest BCUT2D eigenvalue weighted by atomic mass is 16.5. The summed E-state index contributed by atoms with van der Waals surface area (Å²) in [4.78, 5) is 26.9. The molecule has 0 saturated heterocycles. The van der Waals surface area contributed by atoms with Crippen LogP contribution < -0.4 is 29.2 Å². The Labute approximate surface area is 204 Å². The van der Waals surface area contributed by atoms with Crippen LogP contribution in [0.2, 0.25) is 0 Å². The largest absolute Gasteiger partial charge is 0.493 e. The number of amides is 2. The molecule has 1 aliphatic heterocycles. The molecule has 3 aromatic rings. The van der Waals surface area contributed by atoms with E-state index in [0.717, 1.165) is 11.3 Å². The average Bonchev–Trinajstić information content (AvgIpc) is 2.85. The number of nitrogens with zero attached hydrogens (tertiary/aromatic N) is 1. The van der Waals surface area contributed by atoms with Crippen LogP contribution in [0.1, 0.15) is 12.5 Å². The second-order valence-electron chi connectivity index (χ2n) is 8.09. The molecule has 0 radical (unpaired) electrons. The molecule has 0 spiro atoms. The first kappa shape index (κ1) is 23.9. The van der Waals surface area contributed by atoms with Crippen LogP contribution in [0, 0.1) is 6.92 Å². The van der Waals surface area contributed by atoms with Gasteiger partial charge in [0.1, 0.15) is 18.1 Å². The molecule has 0 saturated carbocycles. The van der Waals surface area contributed by atoms with Crippen molar-refractivity contribution in [1.82, 2.24) is 0 Å². The van der Waals surface area contributed by atoms with E-state index in [9.17, 15) is 9.59 Å². The third-order valence-electron chi connectivity index (χ3n) is 5.45. The van der Waals surface area contributed by atoms with Crippen LogP contribution >= 0.6 is 0 Å². The van der Waals surface area contributed by atoms with Crippen LogP contribution in [-0.2, 0) is 9.59 Å². The monoisotopic (exact) mass is 476 g/mol. The Morgan fingerprint density at radius 2 is 1.83 bits per heavy atom. The van der Waals surface area contributed by atoms with Crippen LogP contribution in [0.5, 0.6) is 23.0 Å². The number of methoxy groups -OCH3 is 1. The SMILES string of the molecule is COc1ccccc1OCC(=O)Nc1ccc2c(c1)OC(C)C(=O)N2CCOc1cccc(C)c1. The number of rotatable bonds is 9. The maximum Gasteiger partial charge on any atom is 0.267 e. The summed E-state index contributed by atoms with van der Waals surface area (Å²) in [6.07, 6.45) is -0.652. The fourth-order valence-corrected chi connectivity index (χ4v) is 3.76. The van der Waals surface area contributed by atoms with Gasteiger partial charge in [0.15, 0.2) is 24.2 Å². The van der Waals surface area contributed by atoms with Gasteiger partial charge in [-0.15, -0.1) is 0 Å². The summed E-state index contributed by atoms with van der Waals surface area (Å²) in [5.41, 5.74) is 2.27. The Kier molecular flexibility index (Phi) is 7.40. The summed E-state index contributed by atoms with van der Waals surface area (Å²) >= 11 is 0. The van der Waals surface area contributed by atoms with Gasteiger partial charge in [-0.25, -0.2) is 0 Å². The smallest absolute Gasteiger partial charge is 0.267 e. The molecule has 182 valence electrons. The molecule has 8 heteroatoms. The maximum atomic E-state index is 12.8. The Hall–Kier alpha value is -4.20. The van der Waals surface area contributed by atoms with Gasteiger partial charge in [-0.05, 0) is 55.8 Å². The van der Waals surface area contributed by atoms with E-state index >= 15 is 0 Å². The molecule has 3 aromatic carbocycles. The van der Waals surface area contributed by atoms with E-state index in [0.29, 0.717) is 41.8 Å². The Morgan fingerprint density at radius 3 is 2.60 bits per heavy atom. The lowest BCUT2D eigenvalue weighted by Crippen LogP contribution is -2.46. The number of para-hydroxylation sites is 2. The predicted molar refractivity (Wildman–Crippen MR) is 133 cm³/mol. The number of hydrogen-bond donors (Lipinski definition) is 1. The minimum atomic E-state index is -0.652. The molecule has 1 unspecified atom stereocenters. The number of nitrogens with one attached hydrogen (secondary N) is 1. The molecule has 1 aliphatic rings. The molecule has 0 aromatic heterocycles. The van der Waals surface area contributed by atoms with Gasteiger partial charge in [0.2, 0.25) is 0 Å². The molecular weight excluding hydrogens is 448 g/mol.